The van der Waals surface area contributed by atoms with Crippen LogP contribution in [0.15, 0.2) is 57.9 Å². The largest absolute Gasteiger partial charge is 0.399 e. The van der Waals surface area contributed by atoms with Gasteiger partial charge < -0.3 is 5.73 Å². The number of nitrogen functional groups attached to an aromatic ring is 1. The lowest BCUT2D eigenvalue weighted by Crippen LogP contribution is -2.12. The van der Waals surface area contributed by atoms with Crippen molar-refractivity contribution in [3.8, 4) is 0 Å². The second-order valence-electron chi connectivity index (χ2n) is 3.68. The summed E-state index contributed by atoms with van der Waals surface area (Å²) >= 11 is 3.24. The van der Waals surface area contributed by atoms with Crippen LogP contribution in [0.2, 0.25) is 0 Å². The Bertz CT molecular complexity index is 654. The van der Waals surface area contributed by atoms with E-state index in [0.29, 0.717) is 15.8 Å². The summed E-state index contributed by atoms with van der Waals surface area (Å²) in [5.74, 6) is 0. The molecule has 0 heterocycles. The van der Waals surface area contributed by atoms with E-state index in [9.17, 15) is 8.42 Å². The first-order valence-electron chi connectivity index (χ1n) is 5.11. The summed E-state index contributed by atoms with van der Waals surface area (Å²) in [4.78, 5) is 0.203. The van der Waals surface area contributed by atoms with Crippen LogP contribution in [-0.4, -0.2) is 8.42 Å². The van der Waals surface area contributed by atoms with E-state index in [1.165, 1.54) is 6.07 Å². The molecule has 0 aliphatic carbocycles. The molecule has 18 heavy (non-hydrogen) atoms. The average Bonchev–Trinajstić information content (AvgIpc) is 2.32. The van der Waals surface area contributed by atoms with Crippen molar-refractivity contribution in [1.82, 2.24) is 0 Å². The molecule has 0 aliphatic heterocycles. The van der Waals surface area contributed by atoms with E-state index in [-0.39, 0.29) is 4.90 Å². The lowest BCUT2D eigenvalue weighted by Gasteiger charge is -2.08. The predicted octanol–water partition coefficient (Wildman–Crippen LogP) is 2.83. The van der Waals surface area contributed by atoms with Crippen LogP contribution < -0.4 is 10.5 Å². The fraction of sp³-hybridized carbons (Fsp3) is 0. The summed E-state index contributed by atoms with van der Waals surface area (Å²) in [6, 6.07) is 13.0. The average molecular weight is 327 g/mol. The van der Waals surface area contributed by atoms with E-state index < -0.39 is 10.0 Å². The van der Waals surface area contributed by atoms with Crippen LogP contribution in [0.4, 0.5) is 11.4 Å². The first kappa shape index (κ1) is 12.9. The van der Waals surface area contributed by atoms with Crippen LogP contribution in [0.1, 0.15) is 0 Å². The van der Waals surface area contributed by atoms with Crippen molar-refractivity contribution in [3.05, 3.63) is 53.0 Å². The van der Waals surface area contributed by atoms with Gasteiger partial charge in [0.2, 0.25) is 0 Å². The Labute approximate surface area is 114 Å². The molecule has 0 bridgehead atoms. The highest BCUT2D eigenvalue weighted by Crippen LogP contribution is 2.20. The van der Waals surface area contributed by atoms with Crippen LogP contribution in [-0.2, 0) is 10.0 Å². The number of hydrogen-bond acceptors (Lipinski definition) is 3. The van der Waals surface area contributed by atoms with Crippen molar-refractivity contribution < 1.29 is 8.42 Å². The Kier molecular flexibility index (Phi) is 3.58. The molecule has 0 fully saturated rings. The standard InChI is InChI=1S/C12H11BrN2O2S/c13-9-2-1-3-12(8-9)18(16,17)15-11-6-4-10(14)5-7-11/h1-8,15H,14H2. The van der Waals surface area contributed by atoms with Crippen molar-refractivity contribution >= 4 is 37.3 Å². The van der Waals surface area contributed by atoms with Crippen LogP contribution in [0.5, 0.6) is 0 Å². The second kappa shape index (κ2) is 4.99. The van der Waals surface area contributed by atoms with Gasteiger partial charge in [-0.3, -0.25) is 4.72 Å². The van der Waals surface area contributed by atoms with Crippen LogP contribution >= 0.6 is 15.9 Å². The van der Waals surface area contributed by atoms with Crippen molar-refractivity contribution in [2.45, 2.75) is 4.90 Å². The quantitative estimate of drug-likeness (QED) is 0.852. The number of nitrogens with two attached hydrogens (primary N) is 1. The number of halogens is 1. The molecule has 0 aromatic heterocycles. The van der Waals surface area contributed by atoms with Gasteiger partial charge >= 0.3 is 0 Å². The summed E-state index contributed by atoms with van der Waals surface area (Å²) in [7, 11) is -3.57. The maximum Gasteiger partial charge on any atom is 0.261 e. The molecule has 6 heteroatoms. The molecule has 2 aromatic carbocycles. The van der Waals surface area contributed by atoms with Gasteiger partial charge in [-0.2, -0.15) is 0 Å². The predicted molar refractivity (Wildman–Crippen MR) is 75.8 cm³/mol. The Morgan fingerprint density at radius 3 is 2.33 bits per heavy atom. The maximum absolute atomic E-state index is 12.1. The van der Waals surface area contributed by atoms with Gasteiger partial charge in [0.1, 0.15) is 0 Å². The number of anilines is 2. The summed E-state index contributed by atoms with van der Waals surface area (Å²) < 4.78 is 27.3. The van der Waals surface area contributed by atoms with Gasteiger partial charge in [-0.1, -0.05) is 22.0 Å². The molecule has 2 rings (SSSR count). The fourth-order valence-electron chi connectivity index (χ4n) is 1.40. The number of sulfonamides is 1. The third kappa shape index (κ3) is 3.02. The molecular formula is C12H11BrN2O2S. The zero-order valence-corrected chi connectivity index (χ0v) is 11.7. The Balaban J connectivity index is 2.30. The fourth-order valence-corrected chi connectivity index (χ4v) is 3.05. The highest BCUT2D eigenvalue weighted by Gasteiger charge is 2.13. The molecule has 0 amide bonds. The molecule has 4 nitrogen and oxygen atoms in total. The minimum atomic E-state index is -3.57. The van der Waals surface area contributed by atoms with E-state index in [2.05, 4.69) is 20.7 Å². The highest BCUT2D eigenvalue weighted by atomic mass is 79.9. The van der Waals surface area contributed by atoms with Crippen molar-refractivity contribution in [1.29, 1.82) is 0 Å². The first-order valence-corrected chi connectivity index (χ1v) is 7.39. The van der Waals surface area contributed by atoms with Crippen molar-refractivity contribution in [2.24, 2.45) is 0 Å². The Morgan fingerprint density at radius 1 is 1.06 bits per heavy atom. The molecule has 3 N–H and O–H groups in total. The normalized spacial score (nSPS) is 11.2. The summed E-state index contributed by atoms with van der Waals surface area (Å²) in [6.45, 7) is 0. The lowest BCUT2D eigenvalue weighted by atomic mass is 10.3. The monoisotopic (exact) mass is 326 g/mol. The highest BCUT2D eigenvalue weighted by molar-refractivity contribution is 9.10. The molecule has 0 saturated carbocycles. The Hall–Kier alpha value is -1.53. The number of rotatable bonds is 3. The molecule has 2 aromatic rings. The summed E-state index contributed by atoms with van der Waals surface area (Å²) in [6.07, 6.45) is 0. The zero-order chi connectivity index (χ0) is 13.2. The van der Waals surface area contributed by atoms with Gasteiger partial charge in [0.25, 0.3) is 10.0 Å². The topological polar surface area (TPSA) is 72.2 Å². The number of nitrogens with one attached hydrogen (secondary N) is 1. The molecule has 0 atom stereocenters. The van der Waals surface area contributed by atoms with Crippen LogP contribution in [0.25, 0.3) is 0 Å². The van der Waals surface area contributed by atoms with Gasteiger partial charge in [0.15, 0.2) is 0 Å². The Morgan fingerprint density at radius 2 is 1.72 bits per heavy atom. The van der Waals surface area contributed by atoms with E-state index in [1.807, 2.05) is 0 Å². The van der Waals surface area contributed by atoms with Crippen LogP contribution in [0, 0.1) is 0 Å². The van der Waals surface area contributed by atoms with Gasteiger partial charge in [-0.15, -0.1) is 0 Å². The molecule has 0 spiro atoms. The third-order valence-electron chi connectivity index (χ3n) is 2.27. The van der Waals surface area contributed by atoms with Gasteiger partial charge in [-0.25, -0.2) is 8.42 Å². The molecule has 0 radical (unpaired) electrons. The van der Waals surface area contributed by atoms with Crippen molar-refractivity contribution in [2.75, 3.05) is 10.5 Å². The first-order chi connectivity index (χ1) is 8.47. The minimum Gasteiger partial charge on any atom is -0.399 e. The van der Waals surface area contributed by atoms with Crippen LogP contribution in [0.3, 0.4) is 0 Å². The molecule has 94 valence electrons. The smallest absolute Gasteiger partial charge is 0.261 e. The van der Waals surface area contributed by atoms with Gasteiger partial charge in [0.05, 0.1) is 4.90 Å². The maximum atomic E-state index is 12.1. The van der Waals surface area contributed by atoms with Gasteiger partial charge in [0, 0.05) is 15.8 Å². The number of benzene rings is 2. The van der Waals surface area contributed by atoms with Gasteiger partial charge in [-0.05, 0) is 42.5 Å². The molecule has 0 unspecified atom stereocenters. The SMILES string of the molecule is Nc1ccc(NS(=O)(=O)c2cccc(Br)c2)cc1. The minimum absolute atomic E-state index is 0.203. The lowest BCUT2D eigenvalue weighted by molar-refractivity contribution is 0.601. The molecular weight excluding hydrogens is 316 g/mol. The van der Waals surface area contributed by atoms with E-state index in [0.717, 1.165) is 0 Å². The number of hydrogen-bond donors (Lipinski definition) is 2. The zero-order valence-electron chi connectivity index (χ0n) is 9.30. The van der Waals surface area contributed by atoms with E-state index in [4.69, 9.17) is 5.73 Å². The van der Waals surface area contributed by atoms with Crippen molar-refractivity contribution in [3.63, 3.8) is 0 Å². The molecule has 0 aliphatic rings. The van der Waals surface area contributed by atoms with E-state index >= 15 is 0 Å². The summed E-state index contributed by atoms with van der Waals surface area (Å²) in [5.41, 5.74) is 6.60. The third-order valence-corrected chi connectivity index (χ3v) is 4.14. The van der Waals surface area contributed by atoms with E-state index in [1.54, 1.807) is 42.5 Å². The second-order valence-corrected chi connectivity index (χ2v) is 6.28. The molecule has 0 saturated heterocycles. The summed E-state index contributed by atoms with van der Waals surface area (Å²) in [5, 5.41) is 0.